The monoisotopic (exact) mass is 340 g/mol. The molecule has 1 aliphatic carbocycles. The average Bonchev–Trinajstić information content (AvgIpc) is 2.94. The highest BCUT2D eigenvalue weighted by molar-refractivity contribution is 8.52. The normalized spacial score (nSPS) is 20.7. The van der Waals surface area contributed by atoms with E-state index in [4.69, 9.17) is 10.7 Å². The fourth-order valence-corrected chi connectivity index (χ4v) is 9.30. The molecule has 2 aliphatic rings. The minimum Gasteiger partial charge on any atom is -0.0966 e. The summed E-state index contributed by atoms with van der Waals surface area (Å²) in [6, 6.07) is 17.4. The molecule has 118 valence electrons. The van der Waals surface area contributed by atoms with Gasteiger partial charge in [0.15, 0.2) is 0 Å². The van der Waals surface area contributed by atoms with Crippen molar-refractivity contribution in [1.82, 2.24) is 0 Å². The van der Waals surface area contributed by atoms with Gasteiger partial charge >= 0.3 is 0 Å². The van der Waals surface area contributed by atoms with Gasteiger partial charge in [0.25, 0.3) is 0 Å². The molecular formula is C21H21ClS. The van der Waals surface area contributed by atoms with Crippen molar-refractivity contribution in [3.05, 3.63) is 70.8 Å². The zero-order valence-corrected chi connectivity index (χ0v) is 15.6. The predicted octanol–water partition coefficient (Wildman–Crippen LogP) is 7.10. The summed E-state index contributed by atoms with van der Waals surface area (Å²) in [4.78, 5) is 2.66. The minimum atomic E-state index is -1.61. The van der Waals surface area contributed by atoms with Crippen LogP contribution in [0.15, 0.2) is 80.6 Å². The Bertz CT molecular complexity index is 819. The molecule has 0 atom stereocenters. The number of benzene rings is 2. The topological polar surface area (TPSA) is 0 Å². The van der Waals surface area contributed by atoms with Crippen LogP contribution >= 0.6 is 19.9 Å². The SMILES string of the molecule is CC1=C(C)C(S2(Cl)c3ccccc3-c3ccccc32)C(C)=C1C. The Morgan fingerprint density at radius 3 is 1.52 bits per heavy atom. The Hall–Kier alpha value is -1.44. The van der Waals surface area contributed by atoms with E-state index in [-0.39, 0.29) is 0 Å². The van der Waals surface area contributed by atoms with Crippen molar-refractivity contribution in [3.8, 4) is 11.1 Å². The zero-order chi connectivity index (χ0) is 16.4. The summed E-state index contributed by atoms with van der Waals surface area (Å²) in [6.07, 6.45) is 0. The fraction of sp³-hybridized carbons (Fsp3) is 0.238. The maximum atomic E-state index is 7.57. The van der Waals surface area contributed by atoms with Crippen LogP contribution in [0.1, 0.15) is 27.7 Å². The summed E-state index contributed by atoms with van der Waals surface area (Å²) in [5.74, 6) is 0. The van der Waals surface area contributed by atoms with Crippen LogP contribution in [-0.4, -0.2) is 5.25 Å². The third kappa shape index (κ3) is 1.81. The van der Waals surface area contributed by atoms with Gasteiger partial charge in [0.05, 0.1) is 5.25 Å². The zero-order valence-electron chi connectivity index (χ0n) is 14.0. The van der Waals surface area contributed by atoms with Gasteiger partial charge in [-0.15, -0.1) is 0 Å². The second kappa shape index (κ2) is 5.03. The van der Waals surface area contributed by atoms with E-state index in [0.717, 1.165) is 0 Å². The van der Waals surface area contributed by atoms with Crippen molar-refractivity contribution in [2.75, 3.05) is 0 Å². The van der Waals surface area contributed by atoms with E-state index in [1.54, 1.807) is 0 Å². The summed E-state index contributed by atoms with van der Waals surface area (Å²) in [5, 5.41) is 0.314. The lowest BCUT2D eigenvalue weighted by atomic mass is 10.1. The van der Waals surface area contributed by atoms with Crippen LogP contribution in [0.2, 0.25) is 0 Å². The summed E-state index contributed by atoms with van der Waals surface area (Å²) in [7, 11) is 5.96. The van der Waals surface area contributed by atoms with E-state index in [0.29, 0.717) is 5.25 Å². The lowest BCUT2D eigenvalue weighted by Gasteiger charge is -2.39. The molecule has 0 unspecified atom stereocenters. The van der Waals surface area contributed by atoms with Crippen LogP contribution in [0.5, 0.6) is 0 Å². The van der Waals surface area contributed by atoms with Crippen molar-refractivity contribution in [1.29, 1.82) is 0 Å². The molecule has 0 nitrogen and oxygen atoms in total. The van der Waals surface area contributed by atoms with Crippen molar-refractivity contribution in [2.45, 2.75) is 42.7 Å². The number of hydrogen-bond donors (Lipinski definition) is 0. The average molecular weight is 341 g/mol. The van der Waals surface area contributed by atoms with E-state index >= 15 is 0 Å². The van der Waals surface area contributed by atoms with Gasteiger partial charge in [-0.2, -0.15) is 0 Å². The van der Waals surface area contributed by atoms with Crippen LogP contribution < -0.4 is 0 Å². The first-order chi connectivity index (χ1) is 11.0. The van der Waals surface area contributed by atoms with Crippen molar-refractivity contribution in [2.24, 2.45) is 0 Å². The standard InChI is InChI=1S/C21H21ClS/c1-13-14(2)16(4)21(15(13)3)23(22)19-11-7-5-9-17(19)18-10-6-8-12-20(18)23/h5-12,21H,1-4H3. The van der Waals surface area contributed by atoms with Gasteiger partial charge in [0.1, 0.15) is 0 Å². The molecule has 2 aromatic carbocycles. The third-order valence-electron chi connectivity index (χ3n) is 5.56. The number of hydrogen-bond acceptors (Lipinski definition) is 0. The number of fused-ring (bicyclic) bond motifs is 3. The van der Waals surface area contributed by atoms with E-state index in [1.165, 1.54) is 43.2 Å². The highest BCUT2D eigenvalue weighted by atomic mass is 35.7. The van der Waals surface area contributed by atoms with Gasteiger partial charge in [0, 0.05) is 9.79 Å². The molecule has 0 amide bonds. The molecule has 0 radical (unpaired) electrons. The largest absolute Gasteiger partial charge is 0.0966 e. The quantitative estimate of drug-likeness (QED) is 0.519. The Balaban J connectivity index is 2.06. The molecule has 0 saturated heterocycles. The Morgan fingerprint density at radius 2 is 1.09 bits per heavy atom. The molecule has 4 rings (SSSR count). The lowest BCUT2D eigenvalue weighted by Crippen LogP contribution is -2.15. The first-order valence-corrected chi connectivity index (χ1v) is 10.6. The Labute approximate surface area is 144 Å². The van der Waals surface area contributed by atoms with Gasteiger partial charge in [-0.1, -0.05) is 67.5 Å². The Morgan fingerprint density at radius 1 is 0.696 bits per heavy atom. The molecule has 0 N–H and O–H groups in total. The van der Waals surface area contributed by atoms with Crippen molar-refractivity contribution >= 4 is 19.9 Å². The van der Waals surface area contributed by atoms with Crippen LogP contribution in [0, 0.1) is 0 Å². The number of rotatable bonds is 1. The maximum absolute atomic E-state index is 7.57. The van der Waals surface area contributed by atoms with Gasteiger partial charge < -0.3 is 0 Å². The number of halogens is 1. The van der Waals surface area contributed by atoms with E-state index in [2.05, 4.69) is 76.2 Å². The van der Waals surface area contributed by atoms with Crippen LogP contribution in [-0.2, 0) is 0 Å². The predicted molar refractivity (Wildman–Crippen MR) is 102 cm³/mol. The van der Waals surface area contributed by atoms with Crippen LogP contribution in [0.25, 0.3) is 11.1 Å². The molecule has 0 fully saturated rings. The molecule has 0 saturated carbocycles. The molecule has 0 aromatic heterocycles. The molecule has 0 bridgehead atoms. The van der Waals surface area contributed by atoms with Gasteiger partial charge in [-0.25, -0.2) is 0 Å². The lowest BCUT2D eigenvalue weighted by molar-refractivity contribution is 1.13. The molecule has 2 aromatic rings. The van der Waals surface area contributed by atoms with Crippen LogP contribution in [0.3, 0.4) is 0 Å². The van der Waals surface area contributed by atoms with Crippen LogP contribution in [0.4, 0.5) is 0 Å². The second-order valence-corrected chi connectivity index (χ2v) is 10.5. The summed E-state index contributed by atoms with van der Waals surface area (Å²) >= 11 is 0. The smallest absolute Gasteiger partial charge is 0.0521 e. The third-order valence-corrected chi connectivity index (χ3v) is 10.4. The molecule has 1 heterocycles. The van der Waals surface area contributed by atoms with Gasteiger partial charge in [-0.3, -0.25) is 0 Å². The van der Waals surface area contributed by atoms with Crippen molar-refractivity contribution in [3.63, 3.8) is 0 Å². The molecule has 0 spiro atoms. The highest BCUT2D eigenvalue weighted by Crippen LogP contribution is 2.80. The first kappa shape index (κ1) is 15.1. The van der Waals surface area contributed by atoms with Gasteiger partial charge in [0.2, 0.25) is 0 Å². The van der Waals surface area contributed by atoms with E-state index in [1.807, 2.05) is 0 Å². The first-order valence-electron chi connectivity index (χ1n) is 8.03. The summed E-state index contributed by atoms with van der Waals surface area (Å²) < 4.78 is 0. The molecular weight excluding hydrogens is 320 g/mol. The maximum Gasteiger partial charge on any atom is 0.0521 e. The number of allylic oxidation sites excluding steroid dienone is 2. The fourth-order valence-electron chi connectivity index (χ4n) is 4.07. The van der Waals surface area contributed by atoms with E-state index < -0.39 is 9.24 Å². The molecule has 23 heavy (non-hydrogen) atoms. The minimum absolute atomic E-state index is 0.314. The second-order valence-electron chi connectivity index (χ2n) is 6.57. The summed E-state index contributed by atoms with van der Waals surface area (Å²) in [5.41, 5.74) is 8.35. The summed E-state index contributed by atoms with van der Waals surface area (Å²) in [6.45, 7) is 9.00. The van der Waals surface area contributed by atoms with Crippen molar-refractivity contribution < 1.29 is 0 Å². The Kier molecular flexibility index (Phi) is 3.30. The molecule has 2 heteroatoms. The van der Waals surface area contributed by atoms with Gasteiger partial charge in [-0.05, 0) is 62.1 Å². The highest BCUT2D eigenvalue weighted by Gasteiger charge is 2.46. The molecule has 1 aliphatic heterocycles. The van der Waals surface area contributed by atoms with E-state index in [9.17, 15) is 0 Å².